The molecule has 3 heterocycles. The lowest BCUT2D eigenvalue weighted by atomic mass is 9.98. The van der Waals surface area contributed by atoms with Crippen LogP contribution in [0.4, 0.5) is 5.69 Å². The molecule has 0 aliphatic carbocycles. The molecule has 1 aromatic heterocycles. The normalized spacial score (nSPS) is 19.3. The molecule has 1 aromatic carbocycles. The molecule has 1 saturated heterocycles. The Labute approximate surface area is 184 Å². The van der Waals surface area contributed by atoms with Crippen LogP contribution in [0.25, 0.3) is 0 Å². The largest absolute Gasteiger partial charge is 0.492 e. The number of hydrogen-bond acceptors (Lipinski definition) is 7. The van der Waals surface area contributed by atoms with E-state index in [1.165, 1.54) is 12.3 Å². The number of amidine groups is 1. The molecule has 0 bridgehead atoms. The standard InChI is InChI=1S/C20H22N6O5S/c21-18-17-14(24-32(29,30)25-18)4-1-5-16(17)31-11-12-3-2-8-26(10-12)20(28)13-6-7-23-15(9-13)19(22)27/h1,4-7,9,12,24H,2-3,8,10-11H2,(H2,21,25)(H2,22,27). The van der Waals surface area contributed by atoms with Gasteiger partial charge in [0.05, 0.1) is 17.9 Å². The van der Waals surface area contributed by atoms with Gasteiger partial charge in [-0.25, -0.2) is 0 Å². The monoisotopic (exact) mass is 458 g/mol. The molecule has 2 aromatic rings. The minimum absolute atomic E-state index is 0.0384. The summed E-state index contributed by atoms with van der Waals surface area (Å²) in [7, 11) is -3.87. The fraction of sp³-hybridized carbons (Fsp3) is 0.300. The molecule has 4 rings (SSSR count). The molecule has 2 aliphatic heterocycles. The topological polar surface area (TPSA) is 170 Å². The van der Waals surface area contributed by atoms with E-state index >= 15 is 0 Å². The molecule has 168 valence electrons. The maximum absolute atomic E-state index is 12.9. The summed E-state index contributed by atoms with van der Waals surface area (Å²) < 4.78 is 35.2. The summed E-state index contributed by atoms with van der Waals surface area (Å²) in [6, 6.07) is 7.87. The molecular weight excluding hydrogens is 436 g/mol. The van der Waals surface area contributed by atoms with Gasteiger partial charge >= 0.3 is 10.2 Å². The molecule has 1 atom stereocenters. The first-order valence-electron chi connectivity index (χ1n) is 9.93. The van der Waals surface area contributed by atoms with Crippen molar-refractivity contribution in [2.45, 2.75) is 12.8 Å². The maximum atomic E-state index is 12.9. The number of piperidine rings is 1. The lowest BCUT2D eigenvalue weighted by molar-refractivity contribution is 0.0633. The molecule has 1 fully saturated rings. The van der Waals surface area contributed by atoms with Gasteiger partial charge in [0.1, 0.15) is 11.4 Å². The van der Waals surface area contributed by atoms with Gasteiger partial charge in [0.2, 0.25) is 0 Å². The number of aromatic nitrogens is 1. The number of anilines is 1. The van der Waals surface area contributed by atoms with Crippen LogP contribution in [0.5, 0.6) is 5.75 Å². The SMILES string of the molecule is NC(=O)c1cc(C(=O)N2CCCC(COc3cccc4c3C(N)=NS(=O)(=O)N4)C2)ccn1. The number of nitrogens with zero attached hydrogens (tertiary/aromatic N) is 3. The molecule has 0 spiro atoms. The number of hydrogen-bond donors (Lipinski definition) is 3. The van der Waals surface area contributed by atoms with E-state index in [9.17, 15) is 18.0 Å². The number of carbonyl (C=O) groups is 2. The third-order valence-electron chi connectivity index (χ3n) is 5.28. The van der Waals surface area contributed by atoms with Gasteiger partial charge in [-0.3, -0.25) is 19.3 Å². The molecule has 5 N–H and O–H groups in total. The smallest absolute Gasteiger partial charge is 0.344 e. The molecule has 11 nitrogen and oxygen atoms in total. The Balaban J connectivity index is 1.44. The lowest BCUT2D eigenvalue weighted by Gasteiger charge is -2.33. The van der Waals surface area contributed by atoms with Crippen molar-refractivity contribution in [2.24, 2.45) is 21.8 Å². The number of pyridine rings is 1. The highest BCUT2D eigenvalue weighted by Gasteiger charge is 2.27. The van der Waals surface area contributed by atoms with E-state index < -0.39 is 16.1 Å². The van der Waals surface area contributed by atoms with E-state index in [1.54, 1.807) is 29.2 Å². The number of carbonyl (C=O) groups excluding carboxylic acids is 2. The first-order chi connectivity index (χ1) is 15.2. The lowest BCUT2D eigenvalue weighted by Crippen LogP contribution is -2.41. The third kappa shape index (κ3) is 4.49. The minimum Gasteiger partial charge on any atom is -0.492 e. The fourth-order valence-corrected chi connectivity index (χ4v) is 4.66. The predicted molar refractivity (Wildman–Crippen MR) is 117 cm³/mol. The van der Waals surface area contributed by atoms with Crippen LogP contribution >= 0.6 is 0 Å². The summed E-state index contributed by atoms with van der Waals surface area (Å²) in [4.78, 5) is 29.8. The van der Waals surface area contributed by atoms with Gasteiger partial charge in [0.25, 0.3) is 11.8 Å². The Kier molecular flexibility index (Phi) is 5.70. The van der Waals surface area contributed by atoms with Crippen molar-refractivity contribution in [1.82, 2.24) is 9.88 Å². The van der Waals surface area contributed by atoms with Gasteiger partial charge in [-0.1, -0.05) is 6.07 Å². The molecule has 2 amide bonds. The first kappa shape index (κ1) is 21.6. The molecule has 0 saturated carbocycles. The van der Waals surface area contributed by atoms with Crippen molar-refractivity contribution in [3.05, 3.63) is 53.3 Å². The number of ether oxygens (including phenoxy) is 1. The Hall–Kier alpha value is -3.67. The molecule has 2 aliphatic rings. The van der Waals surface area contributed by atoms with Crippen molar-refractivity contribution in [3.63, 3.8) is 0 Å². The first-order valence-corrected chi connectivity index (χ1v) is 11.4. The van der Waals surface area contributed by atoms with E-state index in [1.807, 2.05) is 0 Å². The summed E-state index contributed by atoms with van der Waals surface area (Å²) >= 11 is 0. The van der Waals surface area contributed by atoms with Gasteiger partial charge in [-0.05, 0) is 37.1 Å². The van der Waals surface area contributed by atoms with Crippen LogP contribution in [-0.2, 0) is 10.2 Å². The van der Waals surface area contributed by atoms with Crippen molar-refractivity contribution >= 4 is 33.5 Å². The van der Waals surface area contributed by atoms with Crippen molar-refractivity contribution in [1.29, 1.82) is 0 Å². The Morgan fingerprint density at radius 1 is 1.28 bits per heavy atom. The summed E-state index contributed by atoms with van der Waals surface area (Å²) in [6.07, 6.45) is 3.04. The maximum Gasteiger partial charge on any atom is 0.344 e. The van der Waals surface area contributed by atoms with E-state index in [-0.39, 0.29) is 23.4 Å². The molecule has 12 heteroatoms. The number of primary amides is 1. The second-order valence-electron chi connectivity index (χ2n) is 7.60. The Morgan fingerprint density at radius 3 is 2.88 bits per heavy atom. The number of rotatable bonds is 5. The summed E-state index contributed by atoms with van der Waals surface area (Å²) in [5.41, 5.74) is 12.2. The quantitative estimate of drug-likeness (QED) is 0.585. The van der Waals surface area contributed by atoms with Gasteiger partial charge in [-0.2, -0.15) is 8.42 Å². The van der Waals surface area contributed by atoms with Crippen LogP contribution in [0.2, 0.25) is 0 Å². The van der Waals surface area contributed by atoms with Crippen molar-refractivity contribution < 1.29 is 22.7 Å². The highest BCUT2D eigenvalue weighted by Crippen LogP contribution is 2.31. The minimum atomic E-state index is -3.87. The zero-order valence-corrected chi connectivity index (χ0v) is 17.8. The molecular formula is C20H22N6O5S. The highest BCUT2D eigenvalue weighted by atomic mass is 32.2. The van der Waals surface area contributed by atoms with Crippen molar-refractivity contribution in [2.75, 3.05) is 24.4 Å². The number of benzene rings is 1. The second kappa shape index (κ2) is 8.46. The van der Waals surface area contributed by atoms with Gasteiger partial charge in [-0.15, -0.1) is 4.40 Å². The van der Waals surface area contributed by atoms with Gasteiger partial charge < -0.3 is 21.1 Å². The molecule has 32 heavy (non-hydrogen) atoms. The van der Waals surface area contributed by atoms with Crippen LogP contribution in [0.1, 0.15) is 39.3 Å². The average molecular weight is 459 g/mol. The van der Waals surface area contributed by atoms with Crippen LogP contribution in [0.15, 0.2) is 40.9 Å². The van der Waals surface area contributed by atoms with E-state index in [2.05, 4.69) is 14.1 Å². The zero-order valence-electron chi connectivity index (χ0n) is 17.0. The Bertz CT molecular complexity index is 1210. The zero-order chi connectivity index (χ0) is 22.9. The van der Waals surface area contributed by atoms with Gasteiger partial charge in [0.15, 0.2) is 5.84 Å². The predicted octanol–water partition coefficient (Wildman–Crippen LogP) is 0.487. The summed E-state index contributed by atoms with van der Waals surface area (Å²) in [6.45, 7) is 1.37. The molecule has 0 radical (unpaired) electrons. The van der Waals surface area contributed by atoms with Crippen LogP contribution < -0.4 is 20.9 Å². The Morgan fingerprint density at radius 2 is 2.09 bits per heavy atom. The second-order valence-corrected chi connectivity index (χ2v) is 8.93. The third-order valence-corrected chi connectivity index (χ3v) is 6.19. The van der Waals surface area contributed by atoms with Crippen LogP contribution in [-0.4, -0.2) is 55.6 Å². The van der Waals surface area contributed by atoms with E-state index in [0.717, 1.165) is 12.8 Å². The van der Waals surface area contributed by atoms with E-state index in [0.29, 0.717) is 42.3 Å². The fourth-order valence-electron chi connectivity index (χ4n) is 3.81. The van der Waals surface area contributed by atoms with Crippen molar-refractivity contribution in [3.8, 4) is 5.75 Å². The summed E-state index contributed by atoms with van der Waals surface area (Å²) in [5.74, 6) is -0.574. The van der Waals surface area contributed by atoms with Gasteiger partial charge in [0, 0.05) is 30.8 Å². The number of amides is 2. The number of nitrogens with one attached hydrogen (secondary N) is 1. The summed E-state index contributed by atoms with van der Waals surface area (Å²) in [5, 5.41) is 0. The number of fused-ring (bicyclic) bond motifs is 1. The number of likely N-dealkylation sites (tertiary alicyclic amines) is 1. The average Bonchev–Trinajstić information content (AvgIpc) is 2.76. The number of nitrogens with two attached hydrogens (primary N) is 2. The van der Waals surface area contributed by atoms with E-state index in [4.69, 9.17) is 16.2 Å². The van der Waals surface area contributed by atoms with Crippen LogP contribution in [0, 0.1) is 5.92 Å². The molecule has 1 unspecified atom stereocenters. The highest BCUT2D eigenvalue weighted by molar-refractivity contribution is 7.91. The van der Waals surface area contributed by atoms with Crippen LogP contribution in [0.3, 0.4) is 0 Å².